The number of carbonyl (C=O) groups excluding carboxylic acids is 1. The van der Waals surface area contributed by atoms with Gasteiger partial charge in [0, 0.05) is 0 Å². The monoisotopic (exact) mass is 309 g/mol. The molecule has 0 bridgehead atoms. The lowest BCUT2D eigenvalue weighted by Crippen LogP contribution is -2.20. The molecule has 110 valence electrons. The molecule has 1 heterocycles. The molecule has 5 N–H and O–H groups in total. The number of nitrogens with one attached hydrogen (secondary N) is 1. The number of anilines is 1. The molecule has 2 rings (SSSR count). The Labute approximate surface area is 120 Å². The van der Waals surface area contributed by atoms with E-state index in [9.17, 15) is 13.2 Å². The molecule has 0 aliphatic rings. The third kappa shape index (κ3) is 4.12. The predicted octanol–water partition coefficient (Wildman–Crippen LogP) is 0.407. The maximum atomic E-state index is 11.1. The standard InChI is InChI=1S/C11H11N5O4S/c12-11(17)16-9-5-15-10(6-14-9)20-7-1-3-8(4-2-7)21(13,18)19/h1-6H,(H2,13,18,19)(H3,12,14,16,17). The van der Waals surface area contributed by atoms with E-state index in [2.05, 4.69) is 15.3 Å². The van der Waals surface area contributed by atoms with Gasteiger partial charge in [-0.2, -0.15) is 0 Å². The second-order valence-corrected chi connectivity index (χ2v) is 5.41. The highest BCUT2D eigenvalue weighted by molar-refractivity contribution is 7.89. The molecule has 1 aromatic carbocycles. The van der Waals surface area contributed by atoms with Crippen LogP contribution in [-0.4, -0.2) is 24.4 Å². The highest BCUT2D eigenvalue weighted by atomic mass is 32.2. The van der Waals surface area contributed by atoms with Crippen molar-refractivity contribution in [2.45, 2.75) is 4.90 Å². The number of primary sulfonamides is 1. The number of benzene rings is 1. The molecule has 0 fully saturated rings. The van der Waals surface area contributed by atoms with Crippen molar-refractivity contribution in [3.05, 3.63) is 36.7 Å². The molecule has 2 amide bonds. The van der Waals surface area contributed by atoms with Crippen LogP contribution in [-0.2, 0) is 10.0 Å². The van der Waals surface area contributed by atoms with Crippen LogP contribution in [0, 0.1) is 0 Å². The van der Waals surface area contributed by atoms with Crippen molar-refractivity contribution in [1.82, 2.24) is 9.97 Å². The smallest absolute Gasteiger partial charge is 0.317 e. The van der Waals surface area contributed by atoms with Crippen molar-refractivity contribution in [2.75, 3.05) is 5.32 Å². The third-order valence-corrected chi connectivity index (χ3v) is 3.18. The van der Waals surface area contributed by atoms with Gasteiger partial charge in [0.1, 0.15) is 5.75 Å². The summed E-state index contributed by atoms with van der Waals surface area (Å²) in [6.07, 6.45) is 2.54. The summed E-state index contributed by atoms with van der Waals surface area (Å²) in [5.41, 5.74) is 4.93. The summed E-state index contributed by atoms with van der Waals surface area (Å²) in [5, 5.41) is 7.23. The molecule has 10 heteroatoms. The normalized spacial score (nSPS) is 10.9. The Kier molecular flexibility index (Phi) is 4.00. The Balaban J connectivity index is 2.09. The van der Waals surface area contributed by atoms with Crippen LogP contribution in [0.15, 0.2) is 41.6 Å². The highest BCUT2D eigenvalue weighted by Gasteiger charge is 2.08. The van der Waals surface area contributed by atoms with Crippen LogP contribution in [0.25, 0.3) is 0 Å². The third-order valence-electron chi connectivity index (χ3n) is 2.25. The van der Waals surface area contributed by atoms with Crippen LogP contribution in [0.2, 0.25) is 0 Å². The summed E-state index contributed by atoms with van der Waals surface area (Å²) in [7, 11) is -3.75. The molecule has 1 aromatic heterocycles. The van der Waals surface area contributed by atoms with Gasteiger partial charge in [-0.05, 0) is 24.3 Å². The van der Waals surface area contributed by atoms with E-state index in [0.717, 1.165) is 0 Å². The van der Waals surface area contributed by atoms with Crippen molar-refractivity contribution in [3.63, 3.8) is 0 Å². The summed E-state index contributed by atoms with van der Waals surface area (Å²) in [5.74, 6) is 0.695. The second-order valence-electron chi connectivity index (χ2n) is 3.85. The molecule has 0 radical (unpaired) electrons. The van der Waals surface area contributed by atoms with Crippen molar-refractivity contribution in [3.8, 4) is 11.6 Å². The zero-order valence-electron chi connectivity index (χ0n) is 10.6. The topological polar surface area (TPSA) is 150 Å². The molecule has 21 heavy (non-hydrogen) atoms. The van der Waals surface area contributed by atoms with Gasteiger partial charge >= 0.3 is 6.03 Å². The van der Waals surface area contributed by atoms with Crippen molar-refractivity contribution >= 4 is 21.9 Å². The largest absolute Gasteiger partial charge is 0.438 e. The summed E-state index contributed by atoms with van der Waals surface area (Å²) in [6, 6.07) is 4.72. The lowest BCUT2D eigenvalue weighted by atomic mass is 10.3. The van der Waals surface area contributed by atoms with Gasteiger partial charge in [0.25, 0.3) is 0 Å². The maximum Gasteiger partial charge on any atom is 0.317 e. The van der Waals surface area contributed by atoms with Crippen molar-refractivity contribution in [1.29, 1.82) is 0 Å². The number of rotatable bonds is 4. The van der Waals surface area contributed by atoms with Crippen molar-refractivity contribution in [2.24, 2.45) is 10.9 Å². The lowest BCUT2D eigenvalue weighted by molar-refractivity contribution is 0.259. The number of amides is 2. The number of urea groups is 1. The van der Waals surface area contributed by atoms with E-state index >= 15 is 0 Å². The van der Waals surface area contributed by atoms with E-state index in [-0.39, 0.29) is 16.6 Å². The summed E-state index contributed by atoms with van der Waals surface area (Å²) in [4.78, 5) is 18.3. The first-order chi connectivity index (χ1) is 9.84. The number of hydrogen-bond donors (Lipinski definition) is 3. The average molecular weight is 309 g/mol. The number of hydrogen-bond acceptors (Lipinski definition) is 6. The fourth-order valence-corrected chi connectivity index (χ4v) is 1.89. The number of nitrogens with two attached hydrogens (primary N) is 2. The Morgan fingerprint density at radius 2 is 1.81 bits per heavy atom. The average Bonchev–Trinajstić information content (AvgIpc) is 2.40. The fourth-order valence-electron chi connectivity index (χ4n) is 1.38. The minimum absolute atomic E-state index is 0.0260. The van der Waals surface area contributed by atoms with Gasteiger partial charge in [-0.25, -0.2) is 28.3 Å². The minimum atomic E-state index is -3.75. The van der Waals surface area contributed by atoms with Crippen LogP contribution >= 0.6 is 0 Å². The van der Waals surface area contributed by atoms with Gasteiger partial charge in [-0.3, -0.25) is 5.32 Å². The van der Waals surface area contributed by atoms with E-state index in [1.54, 1.807) is 0 Å². The van der Waals surface area contributed by atoms with Crippen LogP contribution in [0.1, 0.15) is 0 Å². The zero-order valence-corrected chi connectivity index (χ0v) is 11.4. The molecular formula is C11H11N5O4S. The van der Waals surface area contributed by atoms with Crippen LogP contribution in [0.5, 0.6) is 11.6 Å². The van der Waals surface area contributed by atoms with Gasteiger partial charge in [-0.15, -0.1) is 0 Å². The van der Waals surface area contributed by atoms with Crippen LogP contribution in [0.4, 0.5) is 10.6 Å². The number of aromatic nitrogens is 2. The number of ether oxygens (including phenoxy) is 1. The van der Waals surface area contributed by atoms with Gasteiger partial charge in [-0.1, -0.05) is 0 Å². The van der Waals surface area contributed by atoms with Crippen molar-refractivity contribution < 1.29 is 17.9 Å². The molecule has 2 aromatic rings. The molecule has 0 spiro atoms. The molecule has 0 saturated heterocycles. The van der Waals surface area contributed by atoms with E-state index < -0.39 is 16.1 Å². The first-order valence-corrected chi connectivity index (χ1v) is 7.08. The molecule has 0 aliphatic heterocycles. The Morgan fingerprint density at radius 1 is 1.14 bits per heavy atom. The quantitative estimate of drug-likeness (QED) is 0.744. The fraction of sp³-hybridized carbons (Fsp3) is 0. The minimum Gasteiger partial charge on any atom is -0.438 e. The molecule has 9 nitrogen and oxygen atoms in total. The van der Waals surface area contributed by atoms with E-state index in [1.807, 2.05) is 0 Å². The number of carbonyl (C=O) groups is 1. The van der Waals surface area contributed by atoms with Gasteiger partial charge in [0.05, 0.1) is 17.3 Å². The Hall–Kier alpha value is -2.72. The first kappa shape index (κ1) is 14.7. The zero-order chi connectivity index (χ0) is 15.5. The summed E-state index contributed by atoms with van der Waals surface area (Å²) in [6.45, 7) is 0. The van der Waals surface area contributed by atoms with E-state index in [0.29, 0.717) is 5.75 Å². The maximum absolute atomic E-state index is 11.1. The van der Waals surface area contributed by atoms with Crippen LogP contribution in [0.3, 0.4) is 0 Å². The van der Waals surface area contributed by atoms with Gasteiger partial charge in [0.2, 0.25) is 15.9 Å². The van der Waals surface area contributed by atoms with Crippen LogP contribution < -0.4 is 20.9 Å². The lowest BCUT2D eigenvalue weighted by Gasteiger charge is -2.06. The van der Waals surface area contributed by atoms with E-state index in [4.69, 9.17) is 15.6 Å². The summed E-state index contributed by atoms with van der Waals surface area (Å²) >= 11 is 0. The summed E-state index contributed by atoms with van der Waals surface area (Å²) < 4.78 is 27.5. The first-order valence-electron chi connectivity index (χ1n) is 5.54. The van der Waals surface area contributed by atoms with Gasteiger partial charge in [0.15, 0.2) is 5.82 Å². The van der Waals surface area contributed by atoms with E-state index in [1.165, 1.54) is 36.7 Å². The number of sulfonamides is 1. The molecule has 0 aliphatic carbocycles. The predicted molar refractivity (Wildman–Crippen MR) is 73.1 cm³/mol. The molecular weight excluding hydrogens is 298 g/mol. The number of nitrogens with zero attached hydrogens (tertiary/aromatic N) is 2. The number of primary amides is 1. The SMILES string of the molecule is NC(=O)Nc1cnc(Oc2ccc(S(N)(=O)=O)cc2)cn1. The molecule has 0 atom stereocenters. The molecule has 0 unspecified atom stereocenters. The van der Waals surface area contributed by atoms with Gasteiger partial charge < -0.3 is 10.5 Å². The Bertz CT molecular complexity index is 743. The second kappa shape index (κ2) is 5.73. The molecule has 0 saturated carbocycles. The Morgan fingerprint density at radius 3 is 2.29 bits per heavy atom. The highest BCUT2D eigenvalue weighted by Crippen LogP contribution is 2.20.